The average molecular weight is 478 g/mol. The summed E-state index contributed by atoms with van der Waals surface area (Å²) < 4.78 is 5.61. The topological polar surface area (TPSA) is 116 Å². The molecule has 0 aromatic heterocycles. The summed E-state index contributed by atoms with van der Waals surface area (Å²) in [6.45, 7) is 4.11. The highest BCUT2D eigenvalue weighted by Gasteiger charge is 2.35. The number of nitrogens with zero attached hydrogens (tertiary/aromatic N) is 2. The lowest BCUT2D eigenvalue weighted by Crippen LogP contribution is -2.38. The average Bonchev–Trinajstić information content (AvgIpc) is 3.39. The number of hydrogen-bond acceptors (Lipinski definition) is 6. The van der Waals surface area contributed by atoms with E-state index in [1.54, 1.807) is 4.90 Å². The van der Waals surface area contributed by atoms with Crippen LogP contribution in [0.2, 0.25) is 0 Å². The summed E-state index contributed by atoms with van der Waals surface area (Å²) in [6.07, 6.45) is 9.46. The molecule has 190 valence electrons. The van der Waals surface area contributed by atoms with Gasteiger partial charge in [-0.15, -0.1) is 0 Å². The van der Waals surface area contributed by atoms with E-state index in [4.69, 9.17) is 4.74 Å². The minimum absolute atomic E-state index is 0.00944. The molecule has 9 heteroatoms. The Bertz CT molecular complexity index is 744. The number of carbonyl (C=O) groups excluding carboxylic acids is 4. The fraction of sp³-hybridized carbons (Fsp3) is 0.760. The largest absolute Gasteiger partial charge is 0.394 e. The molecule has 2 aliphatic heterocycles. The van der Waals surface area contributed by atoms with Crippen LogP contribution >= 0.6 is 0 Å². The normalized spacial score (nSPS) is 27.0. The van der Waals surface area contributed by atoms with Crippen molar-refractivity contribution in [1.82, 2.24) is 15.1 Å². The van der Waals surface area contributed by atoms with Gasteiger partial charge in [-0.3, -0.25) is 24.1 Å². The van der Waals surface area contributed by atoms with Gasteiger partial charge in [0.15, 0.2) is 0 Å². The van der Waals surface area contributed by atoms with Crippen molar-refractivity contribution in [3.63, 3.8) is 0 Å². The Balaban J connectivity index is 1.24. The Morgan fingerprint density at radius 2 is 1.79 bits per heavy atom. The highest BCUT2D eigenvalue weighted by Crippen LogP contribution is 2.30. The van der Waals surface area contributed by atoms with E-state index in [0.29, 0.717) is 39.1 Å². The highest BCUT2D eigenvalue weighted by atomic mass is 16.5. The quantitative estimate of drug-likeness (QED) is 0.324. The number of rotatable bonds is 12. The second-order valence-corrected chi connectivity index (χ2v) is 9.64. The molecule has 9 nitrogen and oxygen atoms in total. The Kier molecular flexibility index (Phi) is 10.1. The number of ether oxygens (including phenoxy) is 1. The zero-order chi connectivity index (χ0) is 24.5. The van der Waals surface area contributed by atoms with Crippen LogP contribution in [0.15, 0.2) is 12.2 Å². The van der Waals surface area contributed by atoms with Crippen LogP contribution in [0, 0.1) is 11.8 Å². The third kappa shape index (κ3) is 7.12. The first-order valence-corrected chi connectivity index (χ1v) is 12.8. The molecule has 0 aromatic carbocycles. The van der Waals surface area contributed by atoms with E-state index in [1.165, 1.54) is 17.1 Å². The zero-order valence-electron chi connectivity index (χ0n) is 20.2. The van der Waals surface area contributed by atoms with Crippen molar-refractivity contribution in [2.45, 2.75) is 76.9 Å². The Morgan fingerprint density at radius 1 is 1.09 bits per heavy atom. The fourth-order valence-corrected chi connectivity index (χ4v) is 5.26. The predicted octanol–water partition coefficient (Wildman–Crippen LogP) is 1.39. The molecule has 0 aromatic rings. The number of aliphatic hydroxyl groups excluding tert-OH is 1. The van der Waals surface area contributed by atoms with Gasteiger partial charge in [-0.2, -0.15) is 0 Å². The van der Waals surface area contributed by atoms with Crippen molar-refractivity contribution in [1.29, 1.82) is 0 Å². The zero-order valence-corrected chi connectivity index (χ0v) is 20.2. The molecule has 0 bridgehead atoms. The Labute approximate surface area is 201 Å². The summed E-state index contributed by atoms with van der Waals surface area (Å²) in [4.78, 5) is 51.5. The van der Waals surface area contributed by atoms with Crippen LogP contribution in [0.25, 0.3) is 0 Å². The van der Waals surface area contributed by atoms with Crippen molar-refractivity contribution in [2.75, 3.05) is 32.8 Å². The summed E-state index contributed by atoms with van der Waals surface area (Å²) in [6, 6.07) is -0.147. The first-order chi connectivity index (χ1) is 16.4. The second kappa shape index (κ2) is 13.0. The molecular formula is C25H39N3O6. The van der Waals surface area contributed by atoms with Crippen LogP contribution in [-0.4, -0.2) is 83.5 Å². The molecule has 0 unspecified atom stereocenters. The lowest BCUT2D eigenvalue weighted by Gasteiger charge is -2.30. The van der Waals surface area contributed by atoms with Crippen LogP contribution in [0.5, 0.6) is 0 Å². The fourth-order valence-electron chi connectivity index (χ4n) is 5.26. The van der Waals surface area contributed by atoms with E-state index in [9.17, 15) is 24.3 Å². The van der Waals surface area contributed by atoms with E-state index in [-0.39, 0.29) is 54.2 Å². The van der Waals surface area contributed by atoms with Crippen molar-refractivity contribution >= 4 is 23.6 Å². The van der Waals surface area contributed by atoms with Gasteiger partial charge in [0.25, 0.3) is 11.8 Å². The standard InChI is InChI=1S/C25H39N3O6/c1-2-34-21-14-20(17-29)27(16-21)22(30)6-4-3-5-13-26-25(33)19-9-7-18(8-10-19)15-28-23(31)11-12-24(28)32/h11-12,18-21,29H,2-10,13-17H2,1H3,(H,26,33)/t18?,19?,20-,21+/m0/s1. The summed E-state index contributed by atoms with van der Waals surface area (Å²) in [7, 11) is 0. The maximum absolute atomic E-state index is 12.5. The number of imide groups is 1. The van der Waals surface area contributed by atoms with E-state index in [0.717, 1.165) is 44.9 Å². The molecule has 1 saturated carbocycles. The molecule has 4 amide bonds. The molecule has 34 heavy (non-hydrogen) atoms. The predicted molar refractivity (Wildman–Crippen MR) is 125 cm³/mol. The second-order valence-electron chi connectivity index (χ2n) is 9.64. The van der Waals surface area contributed by atoms with E-state index < -0.39 is 0 Å². The lowest BCUT2D eigenvalue weighted by molar-refractivity contribution is -0.138. The van der Waals surface area contributed by atoms with Gasteiger partial charge in [0.2, 0.25) is 11.8 Å². The molecular weight excluding hydrogens is 438 g/mol. The van der Waals surface area contributed by atoms with Gasteiger partial charge in [-0.1, -0.05) is 6.42 Å². The van der Waals surface area contributed by atoms with E-state index in [1.807, 2.05) is 6.92 Å². The molecule has 1 saturated heterocycles. The SMILES string of the molecule is CCO[C@@H]1C[C@@H](CO)N(C(=O)CCCCCNC(=O)C2CCC(CN3C(=O)C=CC3=O)CC2)C1. The number of amides is 4. The van der Waals surface area contributed by atoms with Gasteiger partial charge in [0.1, 0.15) is 0 Å². The number of carbonyl (C=O) groups is 4. The third-order valence-electron chi connectivity index (χ3n) is 7.24. The van der Waals surface area contributed by atoms with Crippen molar-refractivity contribution in [2.24, 2.45) is 11.8 Å². The van der Waals surface area contributed by atoms with Gasteiger partial charge in [0, 0.05) is 50.7 Å². The monoisotopic (exact) mass is 477 g/mol. The summed E-state index contributed by atoms with van der Waals surface area (Å²) in [5.41, 5.74) is 0. The minimum Gasteiger partial charge on any atom is -0.394 e. The molecule has 0 spiro atoms. The Morgan fingerprint density at radius 3 is 2.44 bits per heavy atom. The molecule has 0 radical (unpaired) electrons. The lowest BCUT2D eigenvalue weighted by atomic mass is 9.81. The van der Waals surface area contributed by atoms with Gasteiger partial charge >= 0.3 is 0 Å². The summed E-state index contributed by atoms with van der Waals surface area (Å²) >= 11 is 0. The molecule has 1 aliphatic carbocycles. The van der Waals surface area contributed by atoms with Gasteiger partial charge in [-0.25, -0.2) is 0 Å². The van der Waals surface area contributed by atoms with Crippen LogP contribution in [0.1, 0.15) is 64.7 Å². The van der Waals surface area contributed by atoms with Crippen LogP contribution in [0.3, 0.4) is 0 Å². The molecule has 2 N–H and O–H groups in total. The third-order valence-corrected chi connectivity index (χ3v) is 7.24. The number of unbranched alkanes of at least 4 members (excludes halogenated alkanes) is 2. The highest BCUT2D eigenvalue weighted by molar-refractivity contribution is 6.12. The van der Waals surface area contributed by atoms with E-state index >= 15 is 0 Å². The molecule has 2 fully saturated rings. The number of hydrogen-bond donors (Lipinski definition) is 2. The van der Waals surface area contributed by atoms with Gasteiger partial charge in [0.05, 0.1) is 18.8 Å². The number of nitrogens with one attached hydrogen (secondary N) is 1. The van der Waals surface area contributed by atoms with Crippen molar-refractivity contribution in [3.05, 3.63) is 12.2 Å². The Hall–Kier alpha value is -2.26. The maximum atomic E-state index is 12.5. The summed E-state index contributed by atoms with van der Waals surface area (Å²) in [5, 5.41) is 12.6. The van der Waals surface area contributed by atoms with Crippen molar-refractivity contribution in [3.8, 4) is 0 Å². The molecule has 2 heterocycles. The number of likely N-dealkylation sites (tertiary alicyclic amines) is 1. The number of aliphatic hydroxyl groups is 1. The summed E-state index contributed by atoms with van der Waals surface area (Å²) in [5.74, 6) is -0.0848. The smallest absolute Gasteiger partial charge is 0.253 e. The van der Waals surface area contributed by atoms with Gasteiger partial charge in [-0.05, 0) is 57.8 Å². The van der Waals surface area contributed by atoms with E-state index in [2.05, 4.69) is 5.32 Å². The molecule has 3 rings (SSSR count). The minimum atomic E-state index is -0.241. The van der Waals surface area contributed by atoms with Crippen LogP contribution in [0.4, 0.5) is 0 Å². The first kappa shape index (κ1) is 26.3. The van der Waals surface area contributed by atoms with Crippen LogP contribution in [-0.2, 0) is 23.9 Å². The molecule has 3 aliphatic rings. The first-order valence-electron chi connectivity index (χ1n) is 12.8. The molecule has 2 atom stereocenters. The maximum Gasteiger partial charge on any atom is 0.253 e. The van der Waals surface area contributed by atoms with Crippen molar-refractivity contribution < 1.29 is 29.0 Å². The van der Waals surface area contributed by atoms with Crippen LogP contribution < -0.4 is 5.32 Å². The van der Waals surface area contributed by atoms with Gasteiger partial charge < -0.3 is 20.1 Å².